The van der Waals surface area contributed by atoms with E-state index >= 15 is 0 Å². The summed E-state index contributed by atoms with van der Waals surface area (Å²) in [5.41, 5.74) is 6.34. The number of halogens is 1. The van der Waals surface area contributed by atoms with Gasteiger partial charge >= 0.3 is 0 Å². The Morgan fingerprint density at radius 2 is 2.38 bits per heavy atom. The van der Waals surface area contributed by atoms with Gasteiger partial charge in [-0.05, 0) is 18.8 Å². The van der Waals surface area contributed by atoms with Crippen LogP contribution in [0.25, 0.3) is 0 Å². The predicted molar refractivity (Wildman–Crippen MR) is 86.9 cm³/mol. The molecule has 1 aromatic heterocycles. The second-order valence-electron chi connectivity index (χ2n) is 5.50. The maximum atomic E-state index is 12.2. The van der Waals surface area contributed by atoms with Crippen LogP contribution in [0.15, 0.2) is 23.6 Å². The molecule has 0 aliphatic carbocycles. The smallest absolute Gasteiger partial charge is 0.287 e. The zero-order chi connectivity index (χ0) is 15.4. The Labute approximate surface area is 130 Å². The molecule has 0 spiro atoms. The van der Waals surface area contributed by atoms with Crippen LogP contribution >= 0.6 is 11.6 Å². The van der Waals surface area contributed by atoms with E-state index in [4.69, 9.17) is 17.3 Å². The maximum Gasteiger partial charge on any atom is 0.287 e. The van der Waals surface area contributed by atoms with Gasteiger partial charge in [0.1, 0.15) is 5.02 Å². The molecule has 1 saturated heterocycles. The summed E-state index contributed by atoms with van der Waals surface area (Å²) in [5.74, 6) is 0.697. The molecular weight excluding hydrogens is 288 g/mol. The van der Waals surface area contributed by atoms with Crippen LogP contribution in [0.5, 0.6) is 0 Å². The normalized spacial score (nSPS) is 22.3. The Bertz CT molecular complexity index is 557. The van der Waals surface area contributed by atoms with E-state index in [2.05, 4.69) is 23.5 Å². The lowest BCUT2D eigenvalue weighted by Crippen LogP contribution is -2.47. The molecule has 0 saturated carbocycles. The van der Waals surface area contributed by atoms with Crippen molar-refractivity contribution in [3.8, 4) is 0 Å². The lowest BCUT2D eigenvalue weighted by atomic mass is 9.88. The van der Waals surface area contributed by atoms with Crippen molar-refractivity contribution in [1.82, 2.24) is 9.78 Å². The minimum absolute atomic E-state index is 0.220. The van der Waals surface area contributed by atoms with Gasteiger partial charge in [0.15, 0.2) is 0 Å². The van der Waals surface area contributed by atoms with Crippen molar-refractivity contribution in [2.75, 3.05) is 18.0 Å². The fourth-order valence-electron chi connectivity index (χ4n) is 2.95. The average molecular weight is 311 g/mol. The third-order valence-electron chi connectivity index (χ3n) is 4.25. The number of nitrogens with zero attached hydrogens (tertiary/aromatic N) is 3. The van der Waals surface area contributed by atoms with Gasteiger partial charge in [0, 0.05) is 19.1 Å². The SMILES string of the molecule is C=CCn1ncc(N2CCC(CC)CC2CN)c(Cl)c1=O. The molecule has 2 unspecified atom stereocenters. The summed E-state index contributed by atoms with van der Waals surface area (Å²) in [7, 11) is 0. The topological polar surface area (TPSA) is 64.2 Å². The summed E-state index contributed by atoms with van der Waals surface area (Å²) in [6, 6.07) is 0.220. The highest BCUT2D eigenvalue weighted by molar-refractivity contribution is 6.33. The zero-order valence-electron chi connectivity index (χ0n) is 12.5. The molecule has 21 heavy (non-hydrogen) atoms. The second kappa shape index (κ2) is 7.09. The van der Waals surface area contributed by atoms with Gasteiger partial charge in [0.2, 0.25) is 0 Å². The van der Waals surface area contributed by atoms with Crippen LogP contribution < -0.4 is 16.2 Å². The monoisotopic (exact) mass is 310 g/mol. The van der Waals surface area contributed by atoms with E-state index in [0.717, 1.165) is 25.8 Å². The van der Waals surface area contributed by atoms with Crippen molar-refractivity contribution >= 4 is 17.3 Å². The summed E-state index contributed by atoms with van der Waals surface area (Å²) in [6.45, 7) is 7.60. The van der Waals surface area contributed by atoms with Gasteiger partial charge < -0.3 is 10.6 Å². The maximum absolute atomic E-state index is 12.2. The van der Waals surface area contributed by atoms with Gasteiger partial charge in [0.05, 0.1) is 18.4 Å². The molecule has 6 heteroatoms. The molecule has 2 atom stereocenters. The summed E-state index contributed by atoms with van der Waals surface area (Å²) in [6.07, 6.45) is 6.59. The van der Waals surface area contributed by atoms with Crippen LogP contribution in [0, 0.1) is 5.92 Å². The predicted octanol–water partition coefficient (Wildman–Crippen LogP) is 2.04. The summed E-state index contributed by atoms with van der Waals surface area (Å²) in [5, 5.41) is 4.40. The summed E-state index contributed by atoms with van der Waals surface area (Å²) >= 11 is 6.27. The highest BCUT2D eigenvalue weighted by Gasteiger charge is 2.29. The molecule has 1 aliphatic heterocycles. The Hall–Kier alpha value is -1.33. The Morgan fingerprint density at radius 1 is 1.62 bits per heavy atom. The molecule has 2 N–H and O–H groups in total. The van der Waals surface area contributed by atoms with Gasteiger partial charge in [-0.1, -0.05) is 31.0 Å². The van der Waals surface area contributed by atoms with Crippen LogP contribution in [-0.4, -0.2) is 28.9 Å². The van der Waals surface area contributed by atoms with Crippen molar-refractivity contribution in [2.24, 2.45) is 11.7 Å². The number of anilines is 1. The minimum Gasteiger partial charge on any atom is -0.365 e. The average Bonchev–Trinajstić information content (AvgIpc) is 2.52. The Morgan fingerprint density at radius 3 is 3.00 bits per heavy atom. The van der Waals surface area contributed by atoms with Gasteiger partial charge in [-0.2, -0.15) is 5.10 Å². The number of nitrogens with two attached hydrogens (primary N) is 1. The van der Waals surface area contributed by atoms with Crippen LogP contribution in [0.1, 0.15) is 26.2 Å². The molecular formula is C15H23ClN4O. The van der Waals surface area contributed by atoms with Gasteiger partial charge in [-0.15, -0.1) is 6.58 Å². The van der Waals surface area contributed by atoms with Crippen molar-refractivity contribution in [3.05, 3.63) is 34.2 Å². The number of rotatable bonds is 5. The molecule has 1 aliphatic rings. The highest BCUT2D eigenvalue weighted by atomic mass is 35.5. The number of allylic oxidation sites excluding steroid dienone is 1. The molecule has 5 nitrogen and oxygen atoms in total. The Kier molecular flexibility index (Phi) is 5.42. The third-order valence-corrected chi connectivity index (χ3v) is 4.61. The van der Waals surface area contributed by atoms with Crippen LogP contribution in [-0.2, 0) is 6.54 Å². The van der Waals surface area contributed by atoms with Crippen molar-refractivity contribution in [1.29, 1.82) is 0 Å². The van der Waals surface area contributed by atoms with Gasteiger partial charge in [0.25, 0.3) is 5.56 Å². The number of hydrogen-bond donors (Lipinski definition) is 1. The minimum atomic E-state index is -0.276. The number of piperidine rings is 1. The second-order valence-corrected chi connectivity index (χ2v) is 5.88. The molecule has 1 aromatic rings. The van der Waals surface area contributed by atoms with E-state index in [9.17, 15) is 4.79 Å². The lowest BCUT2D eigenvalue weighted by Gasteiger charge is -2.40. The first-order valence-electron chi connectivity index (χ1n) is 7.45. The first-order valence-corrected chi connectivity index (χ1v) is 7.83. The highest BCUT2D eigenvalue weighted by Crippen LogP contribution is 2.31. The van der Waals surface area contributed by atoms with E-state index in [1.807, 2.05) is 0 Å². The van der Waals surface area contributed by atoms with Gasteiger partial charge in [-0.25, -0.2) is 4.68 Å². The van der Waals surface area contributed by atoms with Crippen LogP contribution in [0.4, 0.5) is 5.69 Å². The first-order chi connectivity index (χ1) is 10.1. The van der Waals surface area contributed by atoms with E-state index in [-0.39, 0.29) is 16.6 Å². The van der Waals surface area contributed by atoms with E-state index in [1.165, 1.54) is 4.68 Å². The number of aromatic nitrogens is 2. The molecule has 2 heterocycles. The number of hydrogen-bond acceptors (Lipinski definition) is 4. The van der Waals surface area contributed by atoms with Crippen molar-refractivity contribution in [2.45, 2.75) is 38.8 Å². The summed E-state index contributed by atoms with van der Waals surface area (Å²) < 4.78 is 1.31. The fraction of sp³-hybridized carbons (Fsp3) is 0.600. The van der Waals surface area contributed by atoms with E-state index < -0.39 is 0 Å². The standard InChI is InChI=1S/C15H23ClN4O/c1-3-6-20-15(21)14(16)13(10-18-20)19-7-5-11(4-2)8-12(19)9-17/h3,10-12H,1,4-9,17H2,2H3. The van der Waals surface area contributed by atoms with E-state index in [0.29, 0.717) is 24.7 Å². The van der Waals surface area contributed by atoms with E-state index in [1.54, 1.807) is 12.3 Å². The van der Waals surface area contributed by atoms with Crippen LogP contribution in [0.3, 0.4) is 0 Å². The zero-order valence-corrected chi connectivity index (χ0v) is 13.2. The van der Waals surface area contributed by atoms with Gasteiger partial charge in [-0.3, -0.25) is 4.79 Å². The Balaban J connectivity index is 2.31. The molecule has 0 amide bonds. The molecule has 116 valence electrons. The van der Waals surface area contributed by atoms with Crippen molar-refractivity contribution < 1.29 is 0 Å². The molecule has 0 radical (unpaired) electrons. The molecule has 2 rings (SSSR count). The molecule has 0 aromatic carbocycles. The first kappa shape index (κ1) is 16.0. The third kappa shape index (κ3) is 3.30. The molecule has 0 bridgehead atoms. The van der Waals surface area contributed by atoms with Crippen molar-refractivity contribution in [3.63, 3.8) is 0 Å². The fourth-order valence-corrected chi connectivity index (χ4v) is 3.21. The summed E-state index contributed by atoms with van der Waals surface area (Å²) in [4.78, 5) is 14.3. The molecule has 1 fully saturated rings. The quantitative estimate of drug-likeness (QED) is 0.845. The van der Waals surface area contributed by atoms with Crippen LogP contribution in [0.2, 0.25) is 5.02 Å². The largest absolute Gasteiger partial charge is 0.365 e. The lowest BCUT2D eigenvalue weighted by molar-refractivity contribution is 0.335.